The molecule has 1 aromatic carbocycles. The fraction of sp³-hybridized carbons (Fsp3) is 0.500. The molecule has 0 aliphatic carbocycles. The average molecular weight is 287 g/mol. The van der Waals surface area contributed by atoms with Crippen LogP contribution in [0.3, 0.4) is 0 Å². The van der Waals surface area contributed by atoms with Gasteiger partial charge in [-0.1, -0.05) is 18.2 Å². The van der Waals surface area contributed by atoms with Crippen molar-refractivity contribution >= 4 is 17.5 Å². The maximum absolute atomic E-state index is 12.2. The summed E-state index contributed by atoms with van der Waals surface area (Å²) in [4.78, 5) is 25.8. The zero-order chi connectivity index (χ0) is 14.7. The molecule has 0 bridgehead atoms. The van der Waals surface area contributed by atoms with Crippen molar-refractivity contribution in [3.8, 4) is 0 Å². The molecule has 0 aromatic heterocycles. The average Bonchev–Trinajstić information content (AvgIpc) is 3.12. The van der Waals surface area contributed by atoms with Crippen molar-refractivity contribution in [3.63, 3.8) is 0 Å². The molecule has 21 heavy (non-hydrogen) atoms. The summed E-state index contributed by atoms with van der Waals surface area (Å²) in [6.45, 7) is 3.12. The number of carbonyl (C=O) groups excluding carboxylic acids is 2. The minimum Gasteiger partial charge on any atom is -0.344 e. The summed E-state index contributed by atoms with van der Waals surface area (Å²) >= 11 is 0. The summed E-state index contributed by atoms with van der Waals surface area (Å²) in [6, 6.07) is 7.52. The van der Waals surface area contributed by atoms with Crippen LogP contribution >= 0.6 is 0 Å². The highest BCUT2D eigenvalue weighted by Gasteiger charge is 2.27. The van der Waals surface area contributed by atoms with Gasteiger partial charge in [0, 0.05) is 18.7 Å². The van der Waals surface area contributed by atoms with Gasteiger partial charge in [0.1, 0.15) is 6.04 Å². The van der Waals surface area contributed by atoms with Crippen molar-refractivity contribution in [3.05, 3.63) is 29.8 Å². The molecule has 2 saturated heterocycles. The third kappa shape index (κ3) is 3.42. The molecular weight excluding hydrogens is 266 g/mol. The second-order valence-electron chi connectivity index (χ2n) is 5.79. The molecule has 3 rings (SSSR count). The van der Waals surface area contributed by atoms with Crippen LogP contribution in [0.2, 0.25) is 0 Å². The van der Waals surface area contributed by atoms with Gasteiger partial charge in [-0.3, -0.25) is 14.5 Å². The van der Waals surface area contributed by atoms with Crippen LogP contribution in [0, 0.1) is 0 Å². The first-order valence-corrected chi connectivity index (χ1v) is 7.63. The number of anilines is 1. The van der Waals surface area contributed by atoms with Gasteiger partial charge in [-0.05, 0) is 44.0 Å². The Morgan fingerprint density at radius 2 is 2.05 bits per heavy atom. The Labute approximate surface area is 124 Å². The van der Waals surface area contributed by atoms with Crippen LogP contribution in [0.25, 0.3) is 0 Å². The molecule has 2 amide bonds. The second kappa shape index (κ2) is 6.26. The predicted molar refractivity (Wildman–Crippen MR) is 80.7 cm³/mol. The monoisotopic (exact) mass is 287 g/mol. The number of benzene rings is 1. The third-order valence-electron chi connectivity index (χ3n) is 4.18. The maximum Gasteiger partial charge on any atom is 0.246 e. The molecular formula is C16H21N3O2. The Morgan fingerprint density at radius 3 is 2.76 bits per heavy atom. The van der Waals surface area contributed by atoms with E-state index in [1.807, 2.05) is 18.2 Å². The first-order chi connectivity index (χ1) is 10.2. The molecule has 2 aliphatic rings. The molecule has 0 radical (unpaired) electrons. The number of amides is 2. The molecule has 112 valence electrons. The second-order valence-corrected chi connectivity index (χ2v) is 5.79. The molecule has 5 nitrogen and oxygen atoms in total. The van der Waals surface area contributed by atoms with Crippen LogP contribution in [0.4, 0.5) is 5.69 Å². The molecule has 1 aromatic rings. The van der Waals surface area contributed by atoms with Gasteiger partial charge in [0.05, 0.1) is 0 Å². The first kappa shape index (κ1) is 14.1. The maximum atomic E-state index is 12.2. The fourth-order valence-electron chi connectivity index (χ4n) is 2.99. The van der Waals surface area contributed by atoms with E-state index >= 15 is 0 Å². The molecule has 0 unspecified atom stereocenters. The van der Waals surface area contributed by atoms with E-state index < -0.39 is 6.04 Å². The zero-order valence-electron chi connectivity index (χ0n) is 12.1. The van der Waals surface area contributed by atoms with Crippen LogP contribution < -0.4 is 10.6 Å². The zero-order valence-corrected chi connectivity index (χ0v) is 12.1. The van der Waals surface area contributed by atoms with Crippen LogP contribution in [0.5, 0.6) is 0 Å². The van der Waals surface area contributed by atoms with Crippen LogP contribution in [0.1, 0.15) is 31.2 Å². The number of carbonyl (C=O) groups is 2. The summed E-state index contributed by atoms with van der Waals surface area (Å²) in [5.74, 6) is -0.157. The Morgan fingerprint density at radius 1 is 1.29 bits per heavy atom. The number of hydrogen-bond donors (Lipinski definition) is 2. The van der Waals surface area contributed by atoms with E-state index in [4.69, 9.17) is 0 Å². The number of rotatable bonds is 4. The number of likely N-dealkylation sites (tertiary alicyclic amines) is 1. The summed E-state index contributed by atoms with van der Waals surface area (Å²) in [5, 5.41) is 5.67. The Balaban J connectivity index is 1.66. The first-order valence-electron chi connectivity index (χ1n) is 7.63. The Kier molecular flexibility index (Phi) is 4.20. The fourth-order valence-corrected chi connectivity index (χ4v) is 2.99. The van der Waals surface area contributed by atoms with Crippen LogP contribution in [-0.4, -0.2) is 35.8 Å². The lowest BCUT2D eigenvalue weighted by molar-refractivity contribution is -0.122. The molecule has 0 spiro atoms. The Hall–Kier alpha value is -1.88. The highest BCUT2D eigenvalue weighted by molar-refractivity contribution is 5.99. The predicted octanol–water partition coefficient (Wildman–Crippen LogP) is 1.50. The smallest absolute Gasteiger partial charge is 0.246 e. The number of para-hydroxylation sites is 1. The molecule has 2 N–H and O–H groups in total. The standard InChI is InChI=1S/C16H21N3O2/c20-15-8-7-14(17-15)16(21)18-13-6-2-1-5-12(13)11-19-9-3-4-10-19/h1-2,5-6,14H,3-4,7-11H2,(H,17,20)(H,18,21)/t14-/m1/s1. The van der Waals surface area contributed by atoms with Gasteiger partial charge in [-0.25, -0.2) is 0 Å². The molecule has 2 heterocycles. The number of nitrogens with one attached hydrogen (secondary N) is 2. The van der Waals surface area contributed by atoms with Gasteiger partial charge >= 0.3 is 0 Å². The van der Waals surface area contributed by atoms with Crippen molar-refractivity contribution in [2.24, 2.45) is 0 Å². The molecule has 1 atom stereocenters. The lowest BCUT2D eigenvalue weighted by Gasteiger charge is -2.19. The summed E-state index contributed by atoms with van der Waals surface area (Å²) in [5.41, 5.74) is 1.99. The lowest BCUT2D eigenvalue weighted by Crippen LogP contribution is -2.37. The highest BCUT2D eigenvalue weighted by atomic mass is 16.2. The minimum absolute atomic E-state index is 0.0412. The van der Waals surface area contributed by atoms with E-state index in [-0.39, 0.29) is 11.8 Å². The number of nitrogens with zero attached hydrogens (tertiary/aromatic N) is 1. The number of hydrogen-bond acceptors (Lipinski definition) is 3. The van der Waals surface area contributed by atoms with Gasteiger partial charge in [-0.2, -0.15) is 0 Å². The Bertz CT molecular complexity index is 538. The highest BCUT2D eigenvalue weighted by Crippen LogP contribution is 2.20. The van der Waals surface area contributed by atoms with Gasteiger partial charge in [0.2, 0.25) is 11.8 Å². The van der Waals surface area contributed by atoms with E-state index in [9.17, 15) is 9.59 Å². The molecule has 2 aliphatic heterocycles. The van der Waals surface area contributed by atoms with Crippen molar-refractivity contribution in [1.29, 1.82) is 0 Å². The minimum atomic E-state index is -0.391. The largest absolute Gasteiger partial charge is 0.344 e. The van der Waals surface area contributed by atoms with E-state index in [2.05, 4.69) is 21.6 Å². The van der Waals surface area contributed by atoms with Crippen molar-refractivity contribution in [2.75, 3.05) is 18.4 Å². The molecule has 0 saturated carbocycles. The lowest BCUT2D eigenvalue weighted by atomic mass is 10.1. The van der Waals surface area contributed by atoms with E-state index in [1.54, 1.807) is 0 Å². The van der Waals surface area contributed by atoms with Crippen molar-refractivity contribution in [2.45, 2.75) is 38.3 Å². The summed E-state index contributed by atoms with van der Waals surface area (Å²) in [6.07, 6.45) is 3.53. The van der Waals surface area contributed by atoms with E-state index in [1.165, 1.54) is 12.8 Å². The topological polar surface area (TPSA) is 61.4 Å². The third-order valence-corrected chi connectivity index (χ3v) is 4.18. The van der Waals surface area contributed by atoms with Crippen LogP contribution in [0.15, 0.2) is 24.3 Å². The summed E-state index contributed by atoms with van der Waals surface area (Å²) in [7, 11) is 0. The van der Waals surface area contributed by atoms with Gasteiger partial charge in [0.25, 0.3) is 0 Å². The molecule has 5 heteroatoms. The summed E-state index contributed by atoms with van der Waals surface area (Å²) < 4.78 is 0. The van der Waals surface area contributed by atoms with Crippen LogP contribution in [-0.2, 0) is 16.1 Å². The van der Waals surface area contributed by atoms with Gasteiger partial charge in [-0.15, -0.1) is 0 Å². The van der Waals surface area contributed by atoms with Crippen molar-refractivity contribution < 1.29 is 9.59 Å². The quantitative estimate of drug-likeness (QED) is 0.882. The molecule has 2 fully saturated rings. The van der Waals surface area contributed by atoms with Gasteiger partial charge < -0.3 is 10.6 Å². The SMILES string of the molecule is O=C1CC[C@H](C(=O)Nc2ccccc2CN2CCCC2)N1. The van der Waals surface area contributed by atoms with Gasteiger partial charge in [0.15, 0.2) is 0 Å². The normalized spacial score (nSPS) is 22.3. The van der Waals surface area contributed by atoms with E-state index in [0.29, 0.717) is 12.8 Å². The van der Waals surface area contributed by atoms with Crippen molar-refractivity contribution in [1.82, 2.24) is 10.2 Å². The van der Waals surface area contributed by atoms with E-state index in [0.717, 1.165) is 30.9 Å².